The standard InChI is InChI=1S/C21H20N6O3/c1-13-2-4-16(5-3-13)27-12-14(8-18(27)28)21(29)26-10-15(11-26)20-24-19(25-30-20)17-9-22-6-7-23-17/h2-7,9,14-15H,8,10-12H2,1H3. The highest BCUT2D eigenvalue weighted by Crippen LogP contribution is 2.32. The van der Waals surface area contributed by atoms with Gasteiger partial charge in [0.2, 0.25) is 23.5 Å². The fourth-order valence-electron chi connectivity index (χ4n) is 3.84. The van der Waals surface area contributed by atoms with Crippen LogP contribution < -0.4 is 4.90 Å². The van der Waals surface area contributed by atoms with Gasteiger partial charge in [-0.25, -0.2) is 4.98 Å². The first-order valence-corrected chi connectivity index (χ1v) is 9.84. The zero-order valence-corrected chi connectivity index (χ0v) is 16.4. The van der Waals surface area contributed by atoms with Crippen molar-refractivity contribution in [2.45, 2.75) is 19.3 Å². The van der Waals surface area contributed by atoms with E-state index in [-0.39, 0.29) is 30.1 Å². The molecule has 0 radical (unpaired) electrons. The molecule has 2 aliphatic rings. The normalized spacial score (nSPS) is 19.2. The second kappa shape index (κ2) is 7.33. The minimum absolute atomic E-state index is 0.00261. The van der Waals surface area contributed by atoms with Crippen molar-refractivity contribution in [3.8, 4) is 11.5 Å². The van der Waals surface area contributed by atoms with Gasteiger partial charge in [-0.05, 0) is 19.1 Å². The summed E-state index contributed by atoms with van der Waals surface area (Å²) in [5.74, 6) is 0.541. The topological polar surface area (TPSA) is 105 Å². The molecule has 2 amide bonds. The van der Waals surface area contributed by atoms with Crippen LogP contribution in [-0.2, 0) is 9.59 Å². The Morgan fingerprint density at radius 3 is 2.67 bits per heavy atom. The van der Waals surface area contributed by atoms with Crippen molar-refractivity contribution in [1.29, 1.82) is 0 Å². The van der Waals surface area contributed by atoms with Crippen LogP contribution in [0.2, 0.25) is 0 Å². The minimum atomic E-state index is -0.322. The highest BCUT2D eigenvalue weighted by atomic mass is 16.5. The van der Waals surface area contributed by atoms with E-state index in [1.54, 1.807) is 28.4 Å². The lowest BCUT2D eigenvalue weighted by atomic mass is 9.96. The number of benzene rings is 1. The van der Waals surface area contributed by atoms with Crippen molar-refractivity contribution in [3.05, 3.63) is 54.3 Å². The molecule has 4 heterocycles. The highest BCUT2D eigenvalue weighted by Gasteiger charge is 2.42. The van der Waals surface area contributed by atoms with Crippen LogP contribution in [0.1, 0.15) is 23.8 Å². The number of carbonyl (C=O) groups excluding carboxylic acids is 2. The third-order valence-corrected chi connectivity index (χ3v) is 5.60. The molecule has 9 nitrogen and oxygen atoms in total. The Hall–Kier alpha value is -3.62. The lowest BCUT2D eigenvalue weighted by Crippen LogP contribution is -2.51. The summed E-state index contributed by atoms with van der Waals surface area (Å²) in [5, 5.41) is 3.95. The van der Waals surface area contributed by atoms with Crippen LogP contribution in [0.25, 0.3) is 11.5 Å². The molecule has 2 aromatic heterocycles. The van der Waals surface area contributed by atoms with E-state index >= 15 is 0 Å². The van der Waals surface area contributed by atoms with Crippen LogP contribution in [-0.4, -0.2) is 56.5 Å². The lowest BCUT2D eigenvalue weighted by Gasteiger charge is -2.38. The molecule has 0 N–H and O–H groups in total. The quantitative estimate of drug-likeness (QED) is 0.653. The molecule has 0 bridgehead atoms. The summed E-state index contributed by atoms with van der Waals surface area (Å²) >= 11 is 0. The number of hydrogen-bond acceptors (Lipinski definition) is 7. The van der Waals surface area contributed by atoms with Crippen LogP contribution in [0.15, 0.2) is 47.4 Å². The first-order valence-electron chi connectivity index (χ1n) is 9.84. The highest BCUT2D eigenvalue weighted by molar-refractivity contribution is 6.00. The number of amides is 2. The molecule has 0 aliphatic carbocycles. The minimum Gasteiger partial charge on any atom is -0.341 e. The summed E-state index contributed by atoms with van der Waals surface area (Å²) in [6.45, 7) is 3.44. The van der Waals surface area contributed by atoms with Crippen molar-refractivity contribution in [3.63, 3.8) is 0 Å². The molecule has 5 rings (SSSR count). The zero-order chi connectivity index (χ0) is 20.7. The smallest absolute Gasteiger partial charge is 0.233 e. The maximum atomic E-state index is 12.9. The van der Waals surface area contributed by atoms with Crippen molar-refractivity contribution < 1.29 is 14.1 Å². The summed E-state index contributed by atoms with van der Waals surface area (Å²) in [7, 11) is 0. The second-order valence-corrected chi connectivity index (χ2v) is 7.73. The SMILES string of the molecule is Cc1ccc(N2CC(C(=O)N3CC(c4nc(-c5cnccn5)no4)C3)CC2=O)cc1. The summed E-state index contributed by atoms with van der Waals surface area (Å²) in [4.78, 5) is 41.3. The van der Waals surface area contributed by atoms with E-state index in [9.17, 15) is 9.59 Å². The second-order valence-electron chi connectivity index (χ2n) is 7.73. The number of carbonyl (C=O) groups is 2. The predicted octanol–water partition coefficient (Wildman–Crippen LogP) is 1.81. The average molecular weight is 404 g/mol. The van der Waals surface area contributed by atoms with Gasteiger partial charge in [0, 0.05) is 44.1 Å². The Kier molecular flexibility index (Phi) is 4.50. The number of hydrogen-bond donors (Lipinski definition) is 0. The molecule has 152 valence electrons. The molecule has 1 aromatic carbocycles. The Balaban J connectivity index is 1.20. The number of anilines is 1. The van der Waals surface area contributed by atoms with E-state index in [4.69, 9.17) is 4.52 Å². The van der Waals surface area contributed by atoms with Gasteiger partial charge in [0.05, 0.1) is 18.0 Å². The number of rotatable bonds is 4. The maximum Gasteiger partial charge on any atom is 0.233 e. The van der Waals surface area contributed by atoms with Crippen LogP contribution in [0, 0.1) is 12.8 Å². The molecular formula is C21H20N6O3. The van der Waals surface area contributed by atoms with Crippen LogP contribution in [0.4, 0.5) is 5.69 Å². The first kappa shape index (κ1) is 18.4. The van der Waals surface area contributed by atoms with Gasteiger partial charge in [-0.3, -0.25) is 14.6 Å². The van der Waals surface area contributed by atoms with E-state index in [0.29, 0.717) is 37.0 Å². The molecule has 1 unspecified atom stereocenters. The van der Waals surface area contributed by atoms with Gasteiger partial charge in [-0.1, -0.05) is 22.9 Å². The van der Waals surface area contributed by atoms with Gasteiger partial charge >= 0.3 is 0 Å². The first-order chi connectivity index (χ1) is 14.6. The number of aromatic nitrogens is 4. The Morgan fingerprint density at radius 1 is 1.13 bits per heavy atom. The third-order valence-electron chi connectivity index (χ3n) is 5.60. The summed E-state index contributed by atoms with van der Waals surface area (Å²) in [5.41, 5.74) is 2.51. The predicted molar refractivity (Wildman–Crippen MR) is 106 cm³/mol. The molecular weight excluding hydrogens is 384 g/mol. The van der Waals surface area contributed by atoms with Gasteiger partial charge in [-0.15, -0.1) is 0 Å². The Labute approximate surface area is 172 Å². The maximum absolute atomic E-state index is 12.9. The van der Waals surface area contributed by atoms with E-state index < -0.39 is 0 Å². The van der Waals surface area contributed by atoms with E-state index in [2.05, 4.69) is 20.1 Å². The molecule has 2 fully saturated rings. The van der Waals surface area contributed by atoms with Gasteiger partial charge in [-0.2, -0.15) is 4.98 Å². The average Bonchev–Trinajstić information content (AvgIpc) is 3.35. The molecule has 0 spiro atoms. The van der Waals surface area contributed by atoms with Crippen molar-refractivity contribution in [2.24, 2.45) is 5.92 Å². The third kappa shape index (κ3) is 3.32. The van der Waals surface area contributed by atoms with Gasteiger partial charge in [0.15, 0.2) is 0 Å². The Morgan fingerprint density at radius 2 is 1.93 bits per heavy atom. The van der Waals surface area contributed by atoms with E-state index in [0.717, 1.165) is 11.3 Å². The number of nitrogens with zero attached hydrogens (tertiary/aromatic N) is 6. The van der Waals surface area contributed by atoms with Crippen molar-refractivity contribution in [1.82, 2.24) is 25.0 Å². The molecule has 2 saturated heterocycles. The zero-order valence-electron chi connectivity index (χ0n) is 16.4. The van der Waals surface area contributed by atoms with Crippen LogP contribution in [0.3, 0.4) is 0 Å². The van der Waals surface area contributed by atoms with E-state index in [1.165, 1.54) is 0 Å². The molecule has 30 heavy (non-hydrogen) atoms. The summed E-state index contributed by atoms with van der Waals surface area (Å²) in [6.07, 6.45) is 4.96. The summed E-state index contributed by atoms with van der Waals surface area (Å²) in [6, 6.07) is 7.78. The molecule has 9 heteroatoms. The largest absolute Gasteiger partial charge is 0.341 e. The van der Waals surface area contributed by atoms with Crippen molar-refractivity contribution >= 4 is 17.5 Å². The monoisotopic (exact) mass is 404 g/mol. The fourth-order valence-corrected chi connectivity index (χ4v) is 3.84. The van der Waals surface area contributed by atoms with Crippen molar-refractivity contribution in [2.75, 3.05) is 24.5 Å². The number of aryl methyl sites for hydroxylation is 1. The van der Waals surface area contributed by atoms with E-state index in [1.807, 2.05) is 31.2 Å². The lowest BCUT2D eigenvalue weighted by molar-refractivity contribution is -0.140. The van der Waals surface area contributed by atoms with Gasteiger partial charge in [0.1, 0.15) is 5.69 Å². The molecule has 3 aromatic rings. The van der Waals surface area contributed by atoms with Gasteiger partial charge in [0.25, 0.3) is 0 Å². The van der Waals surface area contributed by atoms with Gasteiger partial charge < -0.3 is 14.3 Å². The molecule has 0 saturated carbocycles. The molecule has 1 atom stereocenters. The molecule has 2 aliphatic heterocycles. The Bertz CT molecular complexity index is 1080. The van der Waals surface area contributed by atoms with Crippen LogP contribution in [0.5, 0.6) is 0 Å². The van der Waals surface area contributed by atoms with Crippen LogP contribution >= 0.6 is 0 Å². The summed E-state index contributed by atoms with van der Waals surface area (Å²) < 4.78 is 5.35. The number of likely N-dealkylation sites (tertiary alicyclic amines) is 1. The fraction of sp³-hybridized carbons (Fsp3) is 0.333.